The van der Waals surface area contributed by atoms with E-state index < -0.39 is 12.0 Å². The third-order valence-electron chi connectivity index (χ3n) is 2.07. The lowest BCUT2D eigenvalue weighted by Gasteiger charge is -2.16. The van der Waals surface area contributed by atoms with Gasteiger partial charge < -0.3 is 15.7 Å². The number of rotatable bonds is 7. The SMILES string of the molecule is CC(=O)NCCC(=O)N[C@@H](CC(C)C)C(=O)O. The van der Waals surface area contributed by atoms with E-state index in [0.29, 0.717) is 6.42 Å². The van der Waals surface area contributed by atoms with Gasteiger partial charge in [-0.25, -0.2) is 4.79 Å². The molecule has 17 heavy (non-hydrogen) atoms. The zero-order valence-electron chi connectivity index (χ0n) is 10.4. The van der Waals surface area contributed by atoms with E-state index in [-0.39, 0.29) is 30.7 Å². The van der Waals surface area contributed by atoms with Gasteiger partial charge in [-0.05, 0) is 12.3 Å². The summed E-state index contributed by atoms with van der Waals surface area (Å²) in [5.74, 6) is -1.43. The maximum atomic E-state index is 11.4. The molecule has 98 valence electrons. The van der Waals surface area contributed by atoms with E-state index in [0.717, 1.165) is 0 Å². The molecule has 2 amide bonds. The van der Waals surface area contributed by atoms with Crippen LogP contribution in [-0.2, 0) is 14.4 Å². The van der Waals surface area contributed by atoms with Crippen LogP contribution in [0.5, 0.6) is 0 Å². The van der Waals surface area contributed by atoms with Crippen molar-refractivity contribution >= 4 is 17.8 Å². The third-order valence-corrected chi connectivity index (χ3v) is 2.07. The van der Waals surface area contributed by atoms with Gasteiger partial charge in [0.25, 0.3) is 0 Å². The van der Waals surface area contributed by atoms with Gasteiger partial charge in [0.1, 0.15) is 6.04 Å². The topological polar surface area (TPSA) is 95.5 Å². The van der Waals surface area contributed by atoms with Crippen LogP contribution < -0.4 is 10.6 Å². The predicted octanol–water partition coefficient (Wildman–Crippen LogP) is 0.128. The molecule has 0 aromatic heterocycles. The highest BCUT2D eigenvalue weighted by Crippen LogP contribution is 2.05. The van der Waals surface area contributed by atoms with Gasteiger partial charge in [-0.3, -0.25) is 9.59 Å². The molecule has 0 fully saturated rings. The van der Waals surface area contributed by atoms with Crippen molar-refractivity contribution in [1.82, 2.24) is 10.6 Å². The first-order valence-electron chi connectivity index (χ1n) is 5.59. The monoisotopic (exact) mass is 244 g/mol. The van der Waals surface area contributed by atoms with Crippen molar-refractivity contribution in [3.05, 3.63) is 0 Å². The molecule has 3 N–H and O–H groups in total. The van der Waals surface area contributed by atoms with Crippen molar-refractivity contribution in [2.45, 2.75) is 39.7 Å². The number of carboxylic acid groups (broad SMARTS) is 1. The van der Waals surface area contributed by atoms with E-state index in [1.807, 2.05) is 13.8 Å². The second-order valence-electron chi connectivity index (χ2n) is 4.32. The first-order valence-corrected chi connectivity index (χ1v) is 5.59. The molecule has 6 heteroatoms. The molecule has 0 heterocycles. The quantitative estimate of drug-likeness (QED) is 0.593. The summed E-state index contributed by atoms with van der Waals surface area (Å²) in [5.41, 5.74) is 0. The Balaban J connectivity index is 4.04. The molecule has 0 bridgehead atoms. The summed E-state index contributed by atoms with van der Waals surface area (Å²) in [7, 11) is 0. The second kappa shape index (κ2) is 7.65. The van der Waals surface area contributed by atoms with Gasteiger partial charge in [-0.15, -0.1) is 0 Å². The molecule has 0 radical (unpaired) electrons. The molecule has 0 spiro atoms. The molecule has 0 saturated carbocycles. The maximum absolute atomic E-state index is 11.4. The van der Waals surface area contributed by atoms with E-state index in [4.69, 9.17) is 5.11 Å². The van der Waals surface area contributed by atoms with Crippen molar-refractivity contribution in [3.8, 4) is 0 Å². The standard InChI is InChI=1S/C11H20N2O4/c1-7(2)6-9(11(16)17)13-10(15)4-5-12-8(3)14/h7,9H,4-6H2,1-3H3,(H,12,14)(H,13,15)(H,16,17)/t9-/m0/s1. The summed E-state index contributed by atoms with van der Waals surface area (Å²) in [6, 6.07) is -0.861. The number of hydrogen-bond donors (Lipinski definition) is 3. The maximum Gasteiger partial charge on any atom is 0.326 e. The van der Waals surface area contributed by atoms with E-state index in [1.54, 1.807) is 0 Å². The third kappa shape index (κ3) is 8.24. The first kappa shape index (κ1) is 15.4. The Bertz CT molecular complexity index is 289. The molecule has 0 saturated heterocycles. The highest BCUT2D eigenvalue weighted by atomic mass is 16.4. The Morgan fingerprint density at radius 3 is 2.24 bits per heavy atom. The Labute approximate surface area is 101 Å². The van der Waals surface area contributed by atoms with Crippen molar-refractivity contribution in [1.29, 1.82) is 0 Å². The van der Waals surface area contributed by atoms with E-state index in [2.05, 4.69) is 10.6 Å². The number of carboxylic acids is 1. The highest BCUT2D eigenvalue weighted by Gasteiger charge is 2.20. The minimum Gasteiger partial charge on any atom is -0.480 e. The summed E-state index contributed by atoms with van der Waals surface area (Å²) >= 11 is 0. The van der Waals surface area contributed by atoms with E-state index in [9.17, 15) is 14.4 Å². The smallest absolute Gasteiger partial charge is 0.326 e. The zero-order valence-corrected chi connectivity index (χ0v) is 10.4. The first-order chi connectivity index (χ1) is 7.82. The Kier molecular flexibility index (Phi) is 6.93. The molecule has 1 atom stereocenters. The molecular weight excluding hydrogens is 224 g/mol. The summed E-state index contributed by atoms with van der Waals surface area (Å²) in [5, 5.41) is 13.8. The predicted molar refractivity (Wildman–Crippen MR) is 62.3 cm³/mol. The van der Waals surface area contributed by atoms with Gasteiger partial charge in [-0.1, -0.05) is 13.8 Å². The van der Waals surface area contributed by atoms with Gasteiger partial charge in [0.15, 0.2) is 0 Å². The average molecular weight is 244 g/mol. The Morgan fingerprint density at radius 2 is 1.82 bits per heavy atom. The van der Waals surface area contributed by atoms with Crippen LogP contribution >= 0.6 is 0 Å². The van der Waals surface area contributed by atoms with Crippen LogP contribution in [0.4, 0.5) is 0 Å². The average Bonchev–Trinajstić information content (AvgIpc) is 2.15. The van der Waals surface area contributed by atoms with Gasteiger partial charge >= 0.3 is 5.97 Å². The molecule has 0 aromatic carbocycles. The van der Waals surface area contributed by atoms with Crippen molar-refractivity contribution in [2.75, 3.05) is 6.54 Å². The molecular formula is C11H20N2O4. The van der Waals surface area contributed by atoms with Gasteiger partial charge in [0.2, 0.25) is 11.8 Å². The lowest BCUT2D eigenvalue weighted by molar-refractivity contribution is -0.142. The fraction of sp³-hybridized carbons (Fsp3) is 0.727. The Morgan fingerprint density at radius 1 is 1.24 bits per heavy atom. The van der Waals surface area contributed by atoms with Crippen LogP contribution in [0.1, 0.15) is 33.6 Å². The van der Waals surface area contributed by atoms with Gasteiger partial charge in [0, 0.05) is 19.9 Å². The van der Waals surface area contributed by atoms with Crippen LogP contribution in [0.25, 0.3) is 0 Å². The van der Waals surface area contributed by atoms with Crippen molar-refractivity contribution in [3.63, 3.8) is 0 Å². The van der Waals surface area contributed by atoms with E-state index in [1.165, 1.54) is 6.92 Å². The fourth-order valence-electron chi connectivity index (χ4n) is 1.31. The van der Waals surface area contributed by atoms with Gasteiger partial charge in [0.05, 0.1) is 0 Å². The molecule has 6 nitrogen and oxygen atoms in total. The molecule has 0 unspecified atom stereocenters. The molecule has 0 aliphatic rings. The van der Waals surface area contributed by atoms with Crippen LogP contribution in [0.15, 0.2) is 0 Å². The fourth-order valence-corrected chi connectivity index (χ4v) is 1.31. The van der Waals surface area contributed by atoms with Crippen molar-refractivity contribution < 1.29 is 19.5 Å². The van der Waals surface area contributed by atoms with Gasteiger partial charge in [-0.2, -0.15) is 0 Å². The summed E-state index contributed by atoms with van der Waals surface area (Å²) in [6.45, 7) is 5.35. The summed E-state index contributed by atoms with van der Waals surface area (Å²) in [6.07, 6.45) is 0.475. The number of aliphatic carboxylic acids is 1. The molecule has 0 rings (SSSR count). The molecule has 0 aliphatic carbocycles. The molecule has 0 aliphatic heterocycles. The van der Waals surface area contributed by atoms with Crippen LogP contribution in [0.3, 0.4) is 0 Å². The Hall–Kier alpha value is -1.59. The molecule has 0 aromatic rings. The minimum absolute atomic E-state index is 0.0848. The van der Waals surface area contributed by atoms with Crippen LogP contribution in [0, 0.1) is 5.92 Å². The lowest BCUT2D eigenvalue weighted by atomic mass is 10.0. The number of carbonyl (C=O) groups excluding carboxylic acids is 2. The normalized spacial score (nSPS) is 12.0. The summed E-state index contributed by atoms with van der Waals surface area (Å²) in [4.78, 5) is 32.8. The number of hydrogen-bond acceptors (Lipinski definition) is 3. The number of carbonyl (C=O) groups is 3. The minimum atomic E-state index is -1.04. The largest absolute Gasteiger partial charge is 0.480 e. The number of nitrogens with one attached hydrogen (secondary N) is 2. The summed E-state index contributed by atoms with van der Waals surface area (Å²) < 4.78 is 0. The van der Waals surface area contributed by atoms with Crippen LogP contribution in [-0.4, -0.2) is 35.5 Å². The second-order valence-corrected chi connectivity index (χ2v) is 4.32. The van der Waals surface area contributed by atoms with Crippen LogP contribution in [0.2, 0.25) is 0 Å². The lowest BCUT2D eigenvalue weighted by Crippen LogP contribution is -2.42. The zero-order chi connectivity index (χ0) is 13.4. The highest BCUT2D eigenvalue weighted by molar-refractivity contribution is 5.84. The van der Waals surface area contributed by atoms with E-state index >= 15 is 0 Å². The number of amides is 2. The van der Waals surface area contributed by atoms with Crippen molar-refractivity contribution in [2.24, 2.45) is 5.92 Å².